The first-order chi connectivity index (χ1) is 10.3. The van der Waals surface area contributed by atoms with Gasteiger partial charge in [0.05, 0.1) is 0 Å². The summed E-state index contributed by atoms with van der Waals surface area (Å²) in [6.45, 7) is 17.0. The van der Waals surface area contributed by atoms with Gasteiger partial charge in [0.2, 0.25) is 0 Å². The van der Waals surface area contributed by atoms with E-state index in [1.165, 1.54) is 70.6 Å². The van der Waals surface area contributed by atoms with Crippen molar-refractivity contribution in [1.82, 2.24) is 0 Å². The van der Waals surface area contributed by atoms with Gasteiger partial charge in [-0.2, -0.15) is 0 Å². The highest BCUT2D eigenvalue weighted by Gasteiger charge is 2.30. The lowest BCUT2D eigenvalue weighted by molar-refractivity contribution is 0.119. The molecule has 0 aliphatic carbocycles. The molecular weight excluding hydrogens is 264 g/mol. The zero-order chi connectivity index (χ0) is 17.0. The molecule has 0 aromatic rings. The van der Waals surface area contributed by atoms with Crippen molar-refractivity contribution in [2.45, 2.75) is 119 Å². The van der Waals surface area contributed by atoms with Gasteiger partial charge in [-0.05, 0) is 23.2 Å². The first-order valence-corrected chi connectivity index (χ1v) is 10.3. The highest BCUT2D eigenvalue weighted by molar-refractivity contribution is 4.80. The minimum Gasteiger partial charge on any atom is -0.0654 e. The van der Waals surface area contributed by atoms with Crippen LogP contribution >= 0.6 is 0 Å². The van der Waals surface area contributed by atoms with Gasteiger partial charge in [0, 0.05) is 0 Å². The average molecular weight is 311 g/mol. The lowest BCUT2D eigenvalue weighted by Gasteiger charge is -2.38. The molecule has 0 fully saturated rings. The van der Waals surface area contributed by atoms with Crippen LogP contribution in [0.4, 0.5) is 0 Å². The molecule has 0 radical (unpaired) electrons. The third-order valence-electron chi connectivity index (χ3n) is 6.20. The minimum absolute atomic E-state index is 0.501. The summed E-state index contributed by atoms with van der Waals surface area (Å²) in [5.41, 5.74) is 0.501. The van der Waals surface area contributed by atoms with Crippen LogP contribution in [0.5, 0.6) is 0 Å². The Morgan fingerprint density at radius 3 is 1.50 bits per heavy atom. The number of rotatable bonds is 14. The number of hydrogen-bond acceptors (Lipinski definition) is 0. The van der Waals surface area contributed by atoms with E-state index < -0.39 is 0 Å². The van der Waals surface area contributed by atoms with E-state index in [0.717, 1.165) is 17.8 Å². The Kier molecular flexibility index (Phi) is 12.4. The number of hydrogen-bond donors (Lipinski definition) is 0. The van der Waals surface area contributed by atoms with Gasteiger partial charge >= 0.3 is 0 Å². The van der Waals surface area contributed by atoms with Gasteiger partial charge < -0.3 is 0 Å². The van der Waals surface area contributed by atoms with Gasteiger partial charge in [0.15, 0.2) is 0 Å². The van der Waals surface area contributed by atoms with Crippen molar-refractivity contribution < 1.29 is 0 Å². The van der Waals surface area contributed by atoms with Crippen molar-refractivity contribution in [3.63, 3.8) is 0 Å². The minimum atomic E-state index is 0.501. The summed E-state index contributed by atoms with van der Waals surface area (Å²) < 4.78 is 0. The molecule has 0 aliphatic heterocycles. The Morgan fingerprint density at radius 1 is 0.591 bits per heavy atom. The van der Waals surface area contributed by atoms with E-state index in [9.17, 15) is 0 Å². The fourth-order valence-electron chi connectivity index (χ4n) is 3.46. The largest absolute Gasteiger partial charge is 0.0654 e. The maximum absolute atomic E-state index is 2.52. The van der Waals surface area contributed by atoms with Crippen molar-refractivity contribution in [3.05, 3.63) is 0 Å². The maximum Gasteiger partial charge on any atom is -0.0303 e. The summed E-state index contributed by atoms with van der Waals surface area (Å²) in [4.78, 5) is 0. The molecule has 0 aromatic heterocycles. The van der Waals surface area contributed by atoms with Gasteiger partial charge in [-0.3, -0.25) is 0 Å². The first kappa shape index (κ1) is 22.0. The fourth-order valence-corrected chi connectivity index (χ4v) is 3.46. The smallest absolute Gasteiger partial charge is 0.0303 e. The van der Waals surface area contributed by atoms with Crippen LogP contribution in [-0.4, -0.2) is 0 Å². The summed E-state index contributed by atoms with van der Waals surface area (Å²) >= 11 is 0. The van der Waals surface area contributed by atoms with Crippen molar-refractivity contribution >= 4 is 0 Å². The first-order valence-electron chi connectivity index (χ1n) is 10.3. The standard InChI is InChI=1S/C22H46/c1-8-9-10-11-12-13-17-20(4)22(6,7)21(5)18-15-14-16-19(2)3/h19-21H,8-18H2,1-7H3. The lowest BCUT2D eigenvalue weighted by Crippen LogP contribution is -2.29. The van der Waals surface area contributed by atoms with Gasteiger partial charge in [-0.15, -0.1) is 0 Å². The second-order valence-electron chi connectivity index (χ2n) is 8.86. The molecule has 0 aliphatic rings. The van der Waals surface area contributed by atoms with Gasteiger partial charge in [-0.1, -0.05) is 119 Å². The number of unbranched alkanes of at least 4 members (excludes halogenated alkanes) is 6. The summed E-state index contributed by atoms with van der Waals surface area (Å²) in [6, 6.07) is 0. The summed E-state index contributed by atoms with van der Waals surface area (Å²) in [5.74, 6) is 2.59. The third-order valence-corrected chi connectivity index (χ3v) is 6.20. The molecule has 0 nitrogen and oxygen atoms in total. The van der Waals surface area contributed by atoms with Crippen LogP contribution in [0.2, 0.25) is 0 Å². The molecular formula is C22H46. The molecule has 2 atom stereocenters. The van der Waals surface area contributed by atoms with Crippen molar-refractivity contribution in [1.29, 1.82) is 0 Å². The molecule has 0 bridgehead atoms. The predicted molar refractivity (Wildman–Crippen MR) is 103 cm³/mol. The molecule has 0 heterocycles. The van der Waals surface area contributed by atoms with Crippen LogP contribution in [0.1, 0.15) is 119 Å². The van der Waals surface area contributed by atoms with E-state index in [1.807, 2.05) is 0 Å². The monoisotopic (exact) mass is 310 g/mol. The van der Waals surface area contributed by atoms with Crippen LogP contribution in [0.3, 0.4) is 0 Å². The van der Waals surface area contributed by atoms with Crippen LogP contribution < -0.4 is 0 Å². The van der Waals surface area contributed by atoms with Crippen LogP contribution in [0.15, 0.2) is 0 Å². The predicted octanol–water partition coefficient (Wildman–Crippen LogP) is 8.25. The molecule has 0 rings (SSSR count). The topological polar surface area (TPSA) is 0 Å². The molecule has 134 valence electrons. The van der Waals surface area contributed by atoms with E-state index in [-0.39, 0.29) is 0 Å². The average Bonchev–Trinajstić information content (AvgIpc) is 2.46. The zero-order valence-corrected chi connectivity index (χ0v) is 17.0. The maximum atomic E-state index is 2.52. The Hall–Kier alpha value is 0. The SMILES string of the molecule is CCCCCCCCC(C)C(C)(C)C(C)CCCCC(C)C. The Balaban J connectivity index is 3.90. The van der Waals surface area contributed by atoms with Gasteiger partial charge in [0.1, 0.15) is 0 Å². The molecule has 0 saturated carbocycles. The Labute approximate surface area is 142 Å². The second kappa shape index (κ2) is 12.4. The van der Waals surface area contributed by atoms with Crippen LogP contribution in [0, 0.1) is 23.2 Å². The molecule has 0 spiro atoms. The van der Waals surface area contributed by atoms with E-state index in [2.05, 4.69) is 48.5 Å². The van der Waals surface area contributed by atoms with E-state index in [4.69, 9.17) is 0 Å². The van der Waals surface area contributed by atoms with E-state index >= 15 is 0 Å². The summed E-state index contributed by atoms with van der Waals surface area (Å²) in [6.07, 6.45) is 15.7. The van der Waals surface area contributed by atoms with Crippen molar-refractivity contribution in [3.8, 4) is 0 Å². The van der Waals surface area contributed by atoms with Crippen LogP contribution in [0.25, 0.3) is 0 Å². The molecule has 0 saturated heterocycles. The highest BCUT2D eigenvalue weighted by atomic mass is 14.4. The molecule has 2 unspecified atom stereocenters. The summed E-state index contributed by atoms with van der Waals surface area (Å²) in [5, 5.41) is 0. The molecule has 22 heavy (non-hydrogen) atoms. The second-order valence-corrected chi connectivity index (χ2v) is 8.86. The Bertz CT molecular complexity index is 238. The normalized spacial score (nSPS) is 15.3. The van der Waals surface area contributed by atoms with Crippen molar-refractivity contribution in [2.75, 3.05) is 0 Å². The highest BCUT2D eigenvalue weighted by Crippen LogP contribution is 2.40. The van der Waals surface area contributed by atoms with Gasteiger partial charge in [0.25, 0.3) is 0 Å². The zero-order valence-electron chi connectivity index (χ0n) is 17.0. The quantitative estimate of drug-likeness (QED) is 0.283. The molecule has 0 heteroatoms. The molecule has 0 amide bonds. The van der Waals surface area contributed by atoms with Crippen LogP contribution in [-0.2, 0) is 0 Å². The van der Waals surface area contributed by atoms with E-state index in [0.29, 0.717) is 5.41 Å². The van der Waals surface area contributed by atoms with Gasteiger partial charge in [-0.25, -0.2) is 0 Å². The molecule has 0 N–H and O–H groups in total. The molecule has 0 aromatic carbocycles. The third kappa shape index (κ3) is 9.90. The lowest BCUT2D eigenvalue weighted by atomic mass is 9.67. The summed E-state index contributed by atoms with van der Waals surface area (Å²) in [7, 11) is 0. The Morgan fingerprint density at radius 2 is 1.00 bits per heavy atom. The fraction of sp³-hybridized carbons (Fsp3) is 1.00. The van der Waals surface area contributed by atoms with E-state index in [1.54, 1.807) is 0 Å². The van der Waals surface area contributed by atoms with Crippen molar-refractivity contribution in [2.24, 2.45) is 23.2 Å².